The number of aromatic nitrogens is 2. The molecule has 0 fully saturated rings. The minimum atomic E-state index is 0.121. The largest absolute Gasteiger partial charge is 0.493 e. The standard InChI is InChI=1S/C19H22N2O.C11H15NO.C3H8/c1-4-10-22-19-9-7-15(11-14(19)5-2)16-6-8-17-18(12-16)21-13(3)20-17;1-10(13)12(2)9-8-11-6-4-3-5-7-11;1-3-2/h6-9,11-12H,4-5,10H2,1-3H3,(H,20,21);3-7H,8-9H2,1-2H3;3H2,1-2H3. The Labute approximate surface area is 229 Å². The second kappa shape index (κ2) is 16.3. The highest BCUT2D eigenvalue weighted by molar-refractivity contribution is 5.82. The molecule has 1 amide bonds. The van der Waals surface area contributed by atoms with Gasteiger partial charge in [0.1, 0.15) is 11.6 Å². The molecule has 4 rings (SSSR count). The molecule has 0 unspecified atom stereocenters. The molecule has 204 valence electrons. The third kappa shape index (κ3) is 9.70. The van der Waals surface area contributed by atoms with Gasteiger partial charge in [0.25, 0.3) is 0 Å². The van der Waals surface area contributed by atoms with Crippen molar-refractivity contribution in [2.75, 3.05) is 20.2 Å². The maximum Gasteiger partial charge on any atom is 0.219 e. The lowest BCUT2D eigenvalue weighted by atomic mass is 10.0. The fraction of sp³-hybridized carbons (Fsp3) is 0.394. The van der Waals surface area contributed by atoms with Crippen molar-refractivity contribution in [3.05, 3.63) is 83.7 Å². The van der Waals surface area contributed by atoms with E-state index in [1.54, 1.807) is 11.8 Å². The molecule has 0 saturated heterocycles. The molecule has 4 aromatic rings. The summed E-state index contributed by atoms with van der Waals surface area (Å²) in [6.45, 7) is 13.7. The van der Waals surface area contributed by atoms with Gasteiger partial charge in [-0.05, 0) is 72.7 Å². The van der Waals surface area contributed by atoms with Crippen LogP contribution in [0.2, 0.25) is 0 Å². The molecule has 0 atom stereocenters. The van der Waals surface area contributed by atoms with Crippen LogP contribution in [0.25, 0.3) is 22.2 Å². The van der Waals surface area contributed by atoms with Crippen LogP contribution < -0.4 is 4.74 Å². The van der Waals surface area contributed by atoms with Gasteiger partial charge in [0, 0.05) is 20.5 Å². The topological polar surface area (TPSA) is 58.2 Å². The normalized spacial score (nSPS) is 10.2. The maximum atomic E-state index is 10.9. The van der Waals surface area contributed by atoms with Crippen LogP contribution in [-0.2, 0) is 17.6 Å². The Morgan fingerprint density at radius 3 is 2.24 bits per heavy atom. The van der Waals surface area contributed by atoms with Gasteiger partial charge < -0.3 is 14.6 Å². The third-order valence-corrected chi connectivity index (χ3v) is 5.95. The lowest BCUT2D eigenvalue weighted by molar-refractivity contribution is -0.127. The average molecular weight is 516 g/mol. The van der Waals surface area contributed by atoms with Crippen LogP contribution in [0, 0.1) is 6.92 Å². The summed E-state index contributed by atoms with van der Waals surface area (Å²) < 4.78 is 5.83. The van der Waals surface area contributed by atoms with Crippen molar-refractivity contribution in [3.63, 3.8) is 0 Å². The van der Waals surface area contributed by atoms with E-state index in [0.29, 0.717) is 0 Å². The van der Waals surface area contributed by atoms with E-state index in [4.69, 9.17) is 4.74 Å². The predicted molar refractivity (Wildman–Crippen MR) is 161 cm³/mol. The number of hydrogen-bond donors (Lipinski definition) is 1. The van der Waals surface area contributed by atoms with Gasteiger partial charge in [-0.15, -0.1) is 0 Å². The summed E-state index contributed by atoms with van der Waals surface area (Å²) in [4.78, 5) is 20.4. The Hall–Kier alpha value is -3.60. The molecule has 38 heavy (non-hydrogen) atoms. The Balaban J connectivity index is 0.000000270. The highest BCUT2D eigenvalue weighted by Gasteiger charge is 2.07. The highest BCUT2D eigenvalue weighted by atomic mass is 16.5. The van der Waals surface area contributed by atoms with Crippen LogP contribution in [0.15, 0.2) is 66.7 Å². The van der Waals surface area contributed by atoms with Crippen LogP contribution in [0.4, 0.5) is 0 Å². The molecular formula is C33H45N3O2. The lowest BCUT2D eigenvalue weighted by Crippen LogP contribution is -2.26. The number of carbonyl (C=O) groups excluding carboxylic acids is 1. The predicted octanol–water partition coefficient (Wildman–Crippen LogP) is 8.01. The Morgan fingerprint density at radius 2 is 1.61 bits per heavy atom. The Bertz CT molecular complexity index is 1250. The average Bonchev–Trinajstić information content (AvgIpc) is 3.31. The van der Waals surface area contributed by atoms with Gasteiger partial charge in [-0.1, -0.05) is 76.6 Å². The van der Waals surface area contributed by atoms with Crippen LogP contribution in [0.3, 0.4) is 0 Å². The van der Waals surface area contributed by atoms with E-state index in [9.17, 15) is 4.79 Å². The lowest BCUT2D eigenvalue weighted by Gasteiger charge is -2.14. The number of aryl methyl sites for hydroxylation is 2. The summed E-state index contributed by atoms with van der Waals surface area (Å²) in [5, 5.41) is 0. The summed E-state index contributed by atoms with van der Waals surface area (Å²) in [7, 11) is 1.82. The summed E-state index contributed by atoms with van der Waals surface area (Å²) >= 11 is 0. The first-order valence-corrected chi connectivity index (χ1v) is 13.8. The maximum absolute atomic E-state index is 10.9. The zero-order chi connectivity index (χ0) is 27.9. The summed E-state index contributed by atoms with van der Waals surface area (Å²) in [5.74, 6) is 2.08. The number of nitrogens with zero attached hydrogens (tertiary/aromatic N) is 2. The number of H-pyrrole nitrogens is 1. The fourth-order valence-electron chi connectivity index (χ4n) is 3.80. The van der Waals surface area contributed by atoms with E-state index in [2.05, 4.69) is 86.2 Å². The Morgan fingerprint density at radius 1 is 0.947 bits per heavy atom. The van der Waals surface area contributed by atoms with E-state index < -0.39 is 0 Å². The van der Waals surface area contributed by atoms with Gasteiger partial charge in [0.15, 0.2) is 0 Å². The van der Waals surface area contributed by atoms with E-state index in [-0.39, 0.29) is 5.91 Å². The SMILES string of the molecule is CC(=O)N(C)CCc1ccccc1.CCC.CCCOc1ccc(-c2ccc3nc(C)[nH]c3c2)cc1CC. The molecule has 0 saturated carbocycles. The molecular weight excluding hydrogens is 470 g/mol. The monoisotopic (exact) mass is 515 g/mol. The summed E-state index contributed by atoms with van der Waals surface area (Å²) in [6, 6.07) is 23.0. The minimum absolute atomic E-state index is 0.121. The molecule has 5 heteroatoms. The second-order valence-electron chi connectivity index (χ2n) is 9.46. The van der Waals surface area contributed by atoms with Crippen molar-refractivity contribution in [1.82, 2.24) is 14.9 Å². The zero-order valence-corrected chi connectivity index (χ0v) is 24.3. The number of likely N-dealkylation sites (N-methyl/N-ethyl adjacent to an activating group) is 1. The van der Waals surface area contributed by atoms with Crippen molar-refractivity contribution in [3.8, 4) is 16.9 Å². The first kappa shape index (κ1) is 30.6. The molecule has 0 aliphatic carbocycles. The smallest absolute Gasteiger partial charge is 0.219 e. The summed E-state index contributed by atoms with van der Waals surface area (Å²) in [5.41, 5.74) is 7.05. The quantitative estimate of drug-likeness (QED) is 0.258. The van der Waals surface area contributed by atoms with E-state index in [1.165, 1.54) is 28.7 Å². The summed E-state index contributed by atoms with van der Waals surface area (Å²) in [6.07, 6.45) is 4.18. The van der Waals surface area contributed by atoms with Crippen LogP contribution in [0.1, 0.15) is 64.4 Å². The molecule has 0 aliphatic heterocycles. The van der Waals surface area contributed by atoms with Crippen molar-refractivity contribution in [2.24, 2.45) is 0 Å². The van der Waals surface area contributed by atoms with Gasteiger partial charge in [-0.2, -0.15) is 0 Å². The number of aromatic amines is 1. The first-order valence-electron chi connectivity index (χ1n) is 13.8. The van der Waals surface area contributed by atoms with E-state index in [1.807, 2.05) is 32.2 Å². The Kier molecular flexibility index (Phi) is 13.1. The minimum Gasteiger partial charge on any atom is -0.493 e. The van der Waals surface area contributed by atoms with Crippen molar-refractivity contribution >= 4 is 16.9 Å². The van der Waals surface area contributed by atoms with Crippen molar-refractivity contribution < 1.29 is 9.53 Å². The molecule has 1 aromatic heterocycles. The van der Waals surface area contributed by atoms with Crippen molar-refractivity contribution in [1.29, 1.82) is 0 Å². The molecule has 3 aromatic carbocycles. The molecule has 0 bridgehead atoms. The molecule has 0 radical (unpaired) electrons. The molecule has 5 nitrogen and oxygen atoms in total. The van der Waals surface area contributed by atoms with Gasteiger partial charge in [-0.3, -0.25) is 4.79 Å². The number of imidazole rings is 1. The first-order chi connectivity index (χ1) is 18.3. The van der Waals surface area contributed by atoms with Crippen LogP contribution >= 0.6 is 0 Å². The van der Waals surface area contributed by atoms with Gasteiger partial charge in [-0.25, -0.2) is 4.98 Å². The molecule has 0 spiro atoms. The number of benzene rings is 3. The number of ether oxygens (including phenoxy) is 1. The third-order valence-electron chi connectivity index (χ3n) is 5.95. The van der Waals surface area contributed by atoms with E-state index >= 15 is 0 Å². The number of hydrogen-bond acceptors (Lipinski definition) is 3. The molecule has 1 heterocycles. The van der Waals surface area contributed by atoms with Crippen LogP contribution in [-0.4, -0.2) is 41.0 Å². The van der Waals surface area contributed by atoms with Gasteiger partial charge in [0.2, 0.25) is 5.91 Å². The number of rotatable bonds is 8. The molecule has 0 aliphatic rings. The van der Waals surface area contributed by atoms with Crippen molar-refractivity contribution in [2.45, 2.75) is 67.2 Å². The van der Waals surface area contributed by atoms with Gasteiger partial charge >= 0.3 is 0 Å². The van der Waals surface area contributed by atoms with Crippen LogP contribution in [0.5, 0.6) is 5.75 Å². The number of fused-ring (bicyclic) bond motifs is 1. The number of nitrogens with one attached hydrogen (secondary N) is 1. The second-order valence-corrected chi connectivity index (χ2v) is 9.46. The molecule has 1 N–H and O–H groups in total. The van der Waals surface area contributed by atoms with E-state index in [0.717, 1.165) is 55.0 Å². The number of amides is 1. The van der Waals surface area contributed by atoms with Gasteiger partial charge in [0.05, 0.1) is 17.6 Å². The highest BCUT2D eigenvalue weighted by Crippen LogP contribution is 2.29. The zero-order valence-electron chi connectivity index (χ0n) is 24.3. The fourth-order valence-corrected chi connectivity index (χ4v) is 3.80. The number of carbonyl (C=O) groups is 1.